The second kappa shape index (κ2) is 6.04. The zero-order chi connectivity index (χ0) is 16.4. The second-order valence-corrected chi connectivity index (χ2v) is 6.96. The van der Waals surface area contributed by atoms with Crippen LogP contribution in [0.3, 0.4) is 0 Å². The average Bonchev–Trinajstić information content (AvgIpc) is 3.01. The van der Waals surface area contributed by atoms with Gasteiger partial charge in [-0.25, -0.2) is 4.98 Å². The van der Waals surface area contributed by atoms with E-state index in [0.29, 0.717) is 0 Å². The Morgan fingerprint density at radius 3 is 2.13 bits per heavy atom. The Kier molecular flexibility index (Phi) is 4.08. The van der Waals surface area contributed by atoms with Gasteiger partial charge in [0.15, 0.2) is 0 Å². The molecule has 0 bridgehead atoms. The van der Waals surface area contributed by atoms with Crippen molar-refractivity contribution >= 4 is 0 Å². The Bertz CT molecular complexity index is 775. The maximum absolute atomic E-state index is 4.93. The molecule has 3 rings (SSSR count). The van der Waals surface area contributed by atoms with Gasteiger partial charge in [0.25, 0.3) is 0 Å². The first-order chi connectivity index (χ1) is 11.0. The number of benzene rings is 2. The monoisotopic (exact) mass is 304 g/mol. The number of imidazole rings is 1. The van der Waals surface area contributed by atoms with E-state index in [1.807, 2.05) is 6.07 Å². The third-order valence-electron chi connectivity index (χ3n) is 4.07. The molecule has 2 nitrogen and oxygen atoms in total. The first-order valence-electron chi connectivity index (χ1n) is 8.23. The van der Waals surface area contributed by atoms with Crippen LogP contribution < -0.4 is 0 Å². The highest BCUT2D eigenvalue weighted by Crippen LogP contribution is 2.29. The van der Waals surface area contributed by atoms with Gasteiger partial charge in [0.2, 0.25) is 0 Å². The Morgan fingerprint density at radius 1 is 0.913 bits per heavy atom. The first-order valence-corrected chi connectivity index (χ1v) is 8.23. The van der Waals surface area contributed by atoms with Gasteiger partial charge in [0, 0.05) is 22.9 Å². The summed E-state index contributed by atoms with van der Waals surface area (Å²) < 4.78 is 2.22. The van der Waals surface area contributed by atoms with Crippen molar-refractivity contribution in [2.24, 2.45) is 0 Å². The van der Waals surface area contributed by atoms with Crippen molar-refractivity contribution in [2.45, 2.75) is 39.5 Å². The standard InChI is InChI=1S/C21H24N2/c1-5-16-11-13-18(14-12-16)23-15-19(17-9-7-6-8-10-17)22-20(23)21(2,3)4/h6-15H,5H2,1-4H3. The predicted molar refractivity (Wildman–Crippen MR) is 97.1 cm³/mol. The maximum atomic E-state index is 4.93. The molecule has 0 aliphatic rings. The van der Waals surface area contributed by atoms with Crippen LogP contribution in [0.1, 0.15) is 39.1 Å². The molecule has 0 spiro atoms. The lowest BCUT2D eigenvalue weighted by Crippen LogP contribution is -2.18. The minimum atomic E-state index is -0.0174. The van der Waals surface area contributed by atoms with Gasteiger partial charge in [-0.15, -0.1) is 0 Å². The Hall–Kier alpha value is -2.35. The SMILES string of the molecule is CCc1ccc(-n2cc(-c3ccccc3)nc2C(C)(C)C)cc1. The van der Waals surface area contributed by atoms with Crippen molar-refractivity contribution in [3.8, 4) is 16.9 Å². The maximum Gasteiger partial charge on any atom is 0.119 e. The molecule has 1 heterocycles. The van der Waals surface area contributed by atoms with E-state index in [-0.39, 0.29) is 5.41 Å². The summed E-state index contributed by atoms with van der Waals surface area (Å²) in [4.78, 5) is 4.93. The Balaban J connectivity index is 2.12. The fourth-order valence-corrected chi connectivity index (χ4v) is 2.75. The van der Waals surface area contributed by atoms with Crippen molar-refractivity contribution in [1.82, 2.24) is 9.55 Å². The van der Waals surface area contributed by atoms with Crippen molar-refractivity contribution in [2.75, 3.05) is 0 Å². The summed E-state index contributed by atoms with van der Waals surface area (Å²) >= 11 is 0. The lowest BCUT2D eigenvalue weighted by Gasteiger charge is -2.19. The quantitative estimate of drug-likeness (QED) is 0.633. The smallest absolute Gasteiger partial charge is 0.119 e. The number of aromatic nitrogens is 2. The zero-order valence-electron chi connectivity index (χ0n) is 14.4. The summed E-state index contributed by atoms with van der Waals surface area (Å²) in [6.45, 7) is 8.81. The molecule has 3 aromatic rings. The van der Waals surface area contributed by atoms with E-state index in [0.717, 1.165) is 23.5 Å². The predicted octanol–water partition coefficient (Wildman–Crippen LogP) is 5.40. The van der Waals surface area contributed by atoms with Crippen molar-refractivity contribution < 1.29 is 0 Å². The zero-order valence-corrected chi connectivity index (χ0v) is 14.4. The van der Waals surface area contributed by atoms with Gasteiger partial charge < -0.3 is 4.57 Å². The molecule has 0 fully saturated rings. The fraction of sp³-hybridized carbons (Fsp3) is 0.286. The van der Waals surface area contributed by atoms with Crippen LogP contribution in [0.5, 0.6) is 0 Å². The van der Waals surface area contributed by atoms with E-state index in [1.54, 1.807) is 0 Å². The molecular weight excluding hydrogens is 280 g/mol. The van der Waals surface area contributed by atoms with E-state index in [9.17, 15) is 0 Å². The molecule has 0 unspecified atom stereocenters. The third-order valence-corrected chi connectivity index (χ3v) is 4.07. The van der Waals surface area contributed by atoms with Gasteiger partial charge >= 0.3 is 0 Å². The summed E-state index contributed by atoms with van der Waals surface area (Å²) in [5, 5.41) is 0. The molecule has 0 saturated heterocycles. The Morgan fingerprint density at radius 2 is 1.57 bits per heavy atom. The second-order valence-electron chi connectivity index (χ2n) is 6.96. The number of hydrogen-bond acceptors (Lipinski definition) is 1. The summed E-state index contributed by atoms with van der Waals surface area (Å²) in [6.07, 6.45) is 3.21. The van der Waals surface area contributed by atoms with E-state index in [2.05, 4.69) is 87.0 Å². The first kappa shape index (κ1) is 15.5. The van der Waals surface area contributed by atoms with Crippen LogP contribution in [0.4, 0.5) is 0 Å². The highest BCUT2D eigenvalue weighted by atomic mass is 15.1. The largest absolute Gasteiger partial charge is 0.303 e. The number of rotatable bonds is 3. The molecule has 0 radical (unpaired) electrons. The van der Waals surface area contributed by atoms with E-state index < -0.39 is 0 Å². The van der Waals surface area contributed by atoms with Crippen molar-refractivity contribution in [3.63, 3.8) is 0 Å². The lowest BCUT2D eigenvalue weighted by molar-refractivity contribution is 0.536. The number of hydrogen-bond donors (Lipinski definition) is 0. The lowest BCUT2D eigenvalue weighted by atomic mass is 9.95. The van der Waals surface area contributed by atoms with Gasteiger partial charge in [0.1, 0.15) is 5.82 Å². The van der Waals surface area contributed by atoms with Crippen molar-refractivity contribution in [1.29, 1.82) is 0 Å². The van der Waals surface area contributed by atoms with E-state index in [4.69, 9.17) is 4.98 Å². The summed E-state index contributed by atoms with van der Waals surface area (Å²) in [5.74, 6) is 1.08. The van der Waals surface area contributed by atoms with Gasteiger partial charge in [-0.1, -0.05) is 70.2 Å². The molecule has 2 aromatic carbocycles. The number of nitrogens with zero attached hydrogens (tertiary/aromatic N) is 2. The van der Waals surface area contributed by atoms with Crippen LogP contribution >= 0.6 is 0 Å². The minimum absolute atomic E-state index is 0.0174. The van der Waals surface area contributed by atoms with E-state index >= 15 is 0 Å². The Labute approximate surface area is 138 Å². The van der Waals surface area contributed by atoms with Gasteiger partial charge in [-0.05, 0) is 24.1 Å². The third kappa shape index (κ3) is 3.21. The van der Waals surface area contributed by atoms with Crippen LogP contribution in [0.2, 0.25) is 0 Å². The molecule has 1 aromatic heterocycles. The normalized spacial score (nSPS) is 11.7. The molecule has 0 amide bonds. The molecule has 23 heavy (non-hydrogen) atoms. The molecular formula is C21H24N2. The van der Waals surface area contributed by atoms with Crippen LogP contribution in [-0.2, 0) is 11.8 Å². The van der Waals surface area contributed by atoms with Crippen molar-refractivity contribution in [3.05, 3.63) is 72.2 Å². The molecule has 0 aliphatic carbocycles. The molecule has 118 valence electrons. The number of aryl methyl sites for hydroxylation is 1. The van der Waals surface area contributed by atoms with E-state index in [1.165, 1.54) is 11.3 Å². The minimum Gasteiger partial charge on any atom is -0.303 e. The molecule has 0 saturated carbocycles. The summed E-state index contributed by atoms with van der Waals surface area (Å²) in [5.41, 5.74) is 4.68. The summed E-state index contributed by atoms with van der Waals surface area (Å²) in [6, 6.07) is 19.1. The highest BCUT2D eigenvalue weighted by molar-refractivity contribution is 5.59. The van der Waals surface area contributed by atoms with Gasteiger partial charge in [-0.2, -0.15) is 0 Å². The van der Waals surface area contributed by atoms with Crippen LogP contribution in [0, 0.1) is 0 Å². The molecule has 0 N–H and O–H groups in total. The van der Waals surface area contributed by atoms with Crippen LogP contribution in [-0.4, -0.2) is 9.55 Å². The summed E-state index contributed by atoms with van der Waals surface area (Å²) in [7, 11) is 0. The highest BCUT2D eigenvalue weighted by Gasteiger charge is 2.22. The topological polar surface area (TPSA) is 17.8 Å². The molecule has 2 heteroatoms. The fourth-order valence-electron chi connectivity index (χ4n) is 2.75. The average molecular weight is 304 g/mol. The van der Waals surface area contributed by atoms with Gasteiger partial charge in [-0.3, -0.25) is 0 Å². The van der Waals surface area contributed by atoms with Crippen LogP contribution in [0.25, 0.3) is 16.9 Å². The van der Waals surface area contributed by atoms with Crippen LogP contribution in [0.15, 0.2) is 60.8 Å². The van der Waals surface area contributed by atoms with Gasteiger partial charge in [0.05, 0.1) is 5.69 Å². The molecule has 0 atom stereocenters. The molecule has 0 aliphatic heterocycles.